The normalized spacial score (nSPS) is 18.9. The van der Waals surface area contributed by atoms with Crippen LogP contribution in [0.5, 0.6) is 0 Å². The molecule has 0 bridgehead atoms. The van der Waals surface area contributed by atoms with E-state index >= 15 is 0 Å². The topological polar surface area (TPSA) is 45.5 Å². The van der Waals surface area contributed by atoms with Crippen molar-refractivity contribution >= 4 is 17.5 Å². The van der Waals surface area contributed by atoms with Crippen LogP contribution in [0.25, 0.3) is 0 Å². The van der Waals surface area contributed by atoms with Crippen LogP contribution in [0.15, 0.2) is 12.3 Å². The van der Waals surface area contributed by atoms with Gasteiger partial charge < -0.3 is 14.6 Å². The van der Waals surface area contributed by atoms with E-state index in [9.17, 15) is 4.79 Å². The van der Waals surface area contributed by atoms with Gasteiger partial charge in [-0.15, -0.1) is 0 Å². The molecule has 2 aliphatic carbocycles. The van der Waals surface area contributed by atoms with Crippen LogP contribution in [0.2, 0.25) is 5.02 Å². The summed E-state index contributed by atoms with van der Waals surface area (Å²) in [6, 6.07) is 2.57. The van der Waals surface area contributed by atoms with E-state index in [0.29, 0.717) is 35.8 Å². The molecule has 1 N–H and O–H groups in total. The Kier molecular flexibility index (Phi) is 4.03. The minimum atomic E-state index is 0.0713. The van der Waals surface area contributed by atoms with Crippen molar-refractivity contribution in [1.82, 2.24) is 9.47 Å². The van der Waals surface area contributed by atoms with E-state index in [1.165, 1.54) is 6.42 Å². The fourth-order valence-electron chi connectivity index (χ4n) is 2.81. The lowest BCUT2D eigenvalue weighted by Crippen LogP contribution is -2.45. The average Bonchev–Trinajstić information content (AvgIpc) is 3.14. The number of aliphatic hydroxyl groups excluding tert-OH is 1. The molecule has 2 fully saturated rings. The third-order valence-electron chi connectivity index (χ3n) is 4.31. The Bertz CT molecular complexity index is 492. The first kappa shape index (κ1) is 14.0. The van der Waals surface area contributed by atoms with Gasteiger partial charge >= 0.3 is 0 Å². The number of hydrogen-bond donors (Lipinski definition) is 1. The van der Waals surface area contributed by atoms with Gasteiger partial charge in [-0.1, -0.05) is 11.6 Å². The van der Waals surface area contributed by atoms with E-state index in [1.807, 2.05) is 15.7 Å². The standard InChI is InChI=1S/C15H21ClN2O2/c16-11-9-14(18(10-11)13-5-6-13)15(20)17(7-2-8-19)12-3-1-4-12/h9-10,12-13,19H,1-8H2. The molecule has 4 nitrogen and oxygen atoms in total. The van der Waals surface area contributed by atoms with Gasteiger partial charge in [0.1, 0.15) is 5.69 Å². The highest BCUT2D eigenvalue weighted by Crippen LogP contribution is 2.38. The van der Waals surface area contributed by atoms with Crippen LogP contribution in [0.4, 0.5) is 0 Å². The summed E-state index contributed by atoms with van der Waals surface area (Å²) in [4.78, 5) is 14.8. The van der Waals surface area contributed by atoms with Crippen LogP contribution < -0.4 is 0 Å². The maximum atomic E-state index is 12.8. The highest BCUT2D eigenvalue weighted by atomic mass is 35.5. The molecular formula is C15H21ClN2O2. The highest BCUT2D eigenvalue weighted by molar-refractivity contribution is 6.31. The fraction of sp³-hybridized carbons (Fsp3) is 0.667. The van der Waals surface area contributed by atoms with Gasteiger partial charge in [-0.2, -0.15) is 0 Å². The minimum absolute atomic E-state index is 0.0713. The number of rotatable bonds is 6. The van der Waals surface area contributed by atoms with Crippen molar-refractivity contribution in [3.8, 4) is 0 Å². The molecule has 0 atom stereocenters. The zero-order valence-corrected chi connectivity index (χ0v) is 12.4. The molecule has 3 rings (SSSR count). The lowest BCUT2D eigenvalue weighted by atomic mass is 9.91. The van der Waals surface area contributed by atoms with E-state index in [2.05, 4.69) is 0 Å². The molecule has 0 spiro atoms. The SMILES string of the molecule is O=C(c1cc(Cl)cn1C1CC1)N(CCCO)C1CCC1. The van der Waals surface area contributed by atoms with Gasteiger partial charge in [-0.3, -0.25) is 4.79 Å². The number of aliphatic hydroxyl groups is 1. The third kappa shape index (κ3) is 2.72. The van der Waals surface area contributed by atoms with Crippen LogP contribution in [-0.2, 0) is 0 Å². The minimum Gasteiger partial charge on any atom is -0.396 e. The fourth-order valence-corrected chi connectivity index (χ4v) is 3.02. The summed E-state index contributed by atoms with van der Waals surface area (Å²) in [6.45, 7) is 0.758. The van der Waals surface area contributed by atoms with Gasteiger partial charge in [0.25, 0.3) is 5.91 Å². The number of carbonyl (C=O) groups is 1. The molecule has 2 saturated carbocycles. The second-order valence-electron chi connectivity index (χ2n) is 5.84. The maximum Gasteiger partial charge on any atom is 0.270 e. The quantitative estimate of drug-likeness (QED) is 0.877. The first-order valence-corrected chi connectivity index (χ1v) is 7.87. The molecule has 0 unspecified atom stereocenters. The Labute approximate surface area is 124 Å². The summed E-state index contributed by atoms with van der Waals surface area (Å²) in [6.07, 6.45) is 8.12. The van der Waals surface area contributed by atoms with Crippen LogP contribution in [0.3, 0.4) is 0 Å². The second-order valence-corrected chi connectivity index (χ2v) is 6.28. The molecule has 20 heavy (non-hydrogen) atoms. The Morgan fingerprint density at radius 1 is 1.40 bits per heavy atom. The molecule has 0 aliphatic heterocycles. The summed E-state index contributed by atoms with van der Waals surface area (Å²) in [5.74, 6) is 0.0713. The Hall–Kier alpha value is -1.00. The molecule has 2 aliphatic rings. The molecule has 1 aromatic rings. The molecule has 0 aromatic carbocycles. The molecule has 110 valence electrons. The number of aromatic nitrogens is 1. The summed E-state index contributed by atoms with van der Waals surface area (Å²) in [5.41, 5.74) is 0.710. The van der Waals surface area contributed by atoms with Crippen molar-refractivity contribution in [2.45, 2.75) is 50.6 Å². The third-order valence-corrected chi connectivity index (χ3v) is 4.51. The van der Waals surface area contributed by atoms with E-state index in [4.69, 9.17) is 16.7 Å². The van der Waals surface area contributed by atoms with Gasteiger partial charge in [0.05, 0.1) is 5.02 Å². The predicted molar refractivity (Wildman–Crippen MR) is 78.1 cm³/mol. The summed E-state index contributed by atoms with van der Waals surface area (Å²) < 4.78 is 2.04. The first-order chi connectivity index (χ1) is 9.70. The van der Waals surface area contributed by atoms with Crippen molar-refractivity contribution in [3.05, 3.63) is 23.0 Å². The van der Waals surface area contributed by atoms with Crippen molar-refractivity contribution in [2.75, 3.05) is 13.2 Å². The van der Waals surface area contributed by atoms with Crippen LogP contribution in [-0.4, -0.2) is 39.7 Å². The molecule has 1 amide bonds. The van der Waals surface area contributed by atoms with Crippen molar-refractivity contribution < 1.29 is 9.90 Å². The smallest absolute Gasteiger partial charge is 0.270 e. The molecule has 1 heterocycles. The van der Waals surface area contributed by atoms with Gasteiger partial charge in [0, 0.05) is 31.4 Å². The van der Waals surface area contributed by atoms with Gasteiger partial charge in [-0.05, 0) is 44.6 Å². The second kappa shape index (κ2) is 5.78. The van der Waals surface area contributed by atoms with Gasteiger partial charge in [0.15, 0.2) is 0 Å². The van der Waals surface area contributed by atoms with Crippen molar-refractivity contribution in [2.24, 2.45) is 0 Å². The maximum absolute atomic E-state index is 12.8. The molecule has 1 aromatic heterocycles. The van der Waals surface area contributed by atoms with Crippen molar-refractivity contribution in [3.63, 3.8) is 0 Å². The van der Waals surface area contributed by atoms with Crippen LogP contribution >= 0.6 is 11.6 Å². The number of nitrogens with zero attached hydrogens (tertiary/aromatic N) is 2. The number of carbonyl (C=O) groups excluding carboxylic acids is 1. The largest absolute Gasteiger partial charge is 0.396 e. The lowest BCUT2D eigenvalue weighted by Gasteiger charge is -2.37. The van der Waals surface area contributed by atoms with E-state index in [-0.39, 0.29) is 12.5 Å². The highest BCUT2D eigenvalue weighted by Gasteiger charge is 2.33. The first-order valence-electron chi connectivity index (χ1n) is 7.50. The Morgan fingerprint density at radius 2 is 2.15 bits per heavy atom. The van der Waals surface area contributed by atoms with E-state index in [1.54, 1.807) is 6.07 Å². The summed E-state index contributed by atoms with van der Waals surface area (Å²) >= 11 is 6.09. The van der Waals surface area contributed by atoms with Crippen LogP contribution in [0.1, 0.15) is 55.1 Å². The number of amides is 1. The van der Waals surface area contributed by atoms with Gasteiger partial charge in [0.2, 0.25) is 0 Å². The van der Waals surface area contributed by atoms with Crippen molar-refractivity contribution in [1.29, 1.82) is 0 Å². The predicted octanol–water partition coefficient (Wildman–Crippen LogP) is 2.85. The van der Waals surface area contributed by atoms with Gasteiger partial charge in [-0.25, -0.2) is 0 Å². The Balaban J connectivity index is 1.80. The molecular weight excluding hydrogens is 276 g/mol. The summed E-state index contributed by atoms with van der Waals surface area (Å²) in [5, 5.41) is 9.67. The zero-order chi connectivity index (χ0) is 14.1. The lowest BCUT2D eigenvalue weighted by molar-refractivity contribution is 0.0551. The molecule has 0 saturated heterocycles. The molecule has 0 radical (unpaired) electrons. The zero-order valence-electron chi connectivity index (χ0n) is 11.6. The molecule has 5 heteroatoms. The number of hydrogen-bond acceptors (Lipinski definition) is 2. The average molecular weight is 297 g/mol. The Morgan fingerprint density at radius 3 is 2.70 bits per heavy atom. The van der Waals surface area contributed by atoms with Crippen LogP contribution in [0, 0.1) is 0 Å². The number of halogens is 1. The van der Waals surface area contributed by atoms with E-state index < -0.39 is 0 Å². The summed E-state index contributed by atoms with van der Waals surface area (Å²) in [7, 11) is 0. The monoisotopic (exact) mass is 296 g/mol. The van der Waals surface area contributed by atoms with E-state index in [0.717, 1.165) is 25.7 Å².